The maximum absolute atomic E-state index is 12.5. The monoisotopic (exact) mass is 357 g/mol. The van der Waals surface area contributed by atoms with Crippen LogP contribution in [0.3, 0.4) is 0 Å². The summed E-state index contributed by atoms with van der Waals surface area (Å²) in [5.41, 5.74) is 1.14. The Kier molecular flexibility index (Phi) is 4.50. The number of carbonyl (C=O) groups is 1. The number of nitrogens with zero attached hydrogens (tertiary/aromatic N) is 1. The van der Waals surface area contributed by atoms with Gasteiger partial charge in [-0.2, -0.15) is 0 Å². The third-order valence-corrected chi connectivity index (χ3v) is 6.77. The van der Waals surface area contributed by atoms with Gasteiger partial charge in [0.05, 0.1) is 12.2 Å². The number of rotatable bonds is 4. The standard InChI is InChI=1S/C22H31NO3/c1-3-26-19-6-4-5-17(11-19)16-7-9-22(10-8-16)14-23(15-22)20(24)18-12-21(2,25)13-18/h4-6,11,16,18,25H,3,7-10,12-15H2,1-2H3. The fourth-order valence-electron chi connectivity index (χ4n) is 5.26. The summed E-state index contributed by atoms with van der Waals surface area (Å²) in [4.78, 5) is 14.5. The van der Waals surface area contributed by atoms with E-state index in [0.29, 0.717) is 30.8 Å². The predicted octanol–water partition coefficient (Wildman–Crippen LogP) is 3.73. The van der Waals surface area contributed by atoms with Crippen LogP contribution in [0.25, 0.3) is 0 Å². The molecule has 0 unspecified atom stereocenters. The van der Waals surface area contributed by atoms with Gasteiger partial charge in [-0.15, -0.1) is 0 Å². The van der Waals surface area contributed by atoms with Gasteiger partial charge in [-0.3, -0.25) is 4.79 Å². The first-order chi connectivity index (χ1) is 12.4. The van der Waals surface area contributed by atoms with Crippen molar-refractivity contribution in [3.05, 3.63) is 29.8 Å². The van der Waals surface area contributed by atoms with E-state index in [4.69, 9.17) is 4.74 Å². The number of benzene rings is 1. The number of amides is 1. The van der Waals surface area contributed by atoms with Crippen LogP contribution in [0.2, 0.25) is 0 Å². The van der Waals surface area contributed by atoms with Crippen molar-refractivity contribution in [3.8, 4) is 5.75 Å². The summed E-state index contributed by atoms with van der Waals surface area (Å²) in [7, 11) is 0. The Hall–Kier alpha value is -1.55. The smallest absolute Gasteiger partial charge is 0.225 e. The summed E-state index contributed by atoms with van der Waals surface area (Å²) >= 11 is 0. The van der Waals surface area contributed by atoms with Crippen molar-refractivity contribution in [2.24, 2.45) is 11.3 Å². The van der Waals surface area contributed by atoms with Gasteiger partial charge in [0.25, 0.3) is 0 Å². The lowest BCUT2D eigenvalue weighted by Gasteiger charge is -2.55. The molecule has 1 aromatic rings. The van der Waals surface area contributed by atoms with Crippen LogP contribution >= 0.6 is 0 Å². The fraction of sp³-hybridized carbons (Fsp3) is 0.682. The summed E-state index contributed by atoms with van der Waals surface area (Å²) < 4.78 is 5.64. The van der Waals surface area contributed by atoms with E-state index in [1.807, 2.05) is 24.8 Å². The molecule has 0 bridgehead atoms. The van der Waals surface area contributed by atoms with Crippen LogP contribution in [0.1, 0.15) is 63.9 Å². The molecule has 4 nitrogen and oxygen atoms in total. The van der Waals surface area contributed by atoms with E-state index in [-0.39, 0.29) is 11.8 Å². The third kappa shape index (κ3) is 3.36. The van der Waals surface area contributed by atoms with Crippen molar-refractivity contribution < 1.29 is 14.6 Å². The van der Waals surface area contributed by atoms with Crippen LogP contribution in [0, 0.1) is 11.3 Å². The second-order valence-corrected chi connectivity index (χ2v) is 9.08. The number of likely N-dealkylation sites (tertiary alicyclic amines) is 1. The summed E-state index contributed by atoms with van der Waals surface area (Å²) in [5.74, 6) is 1.92. The molecule has 3 fully saturated rings. The molecule has 1 amide bonds. The Morgan fingerprint density at radius 2 is 1.96 bits per heavy atom. The van der Waals surface area contributed by atoms with Gasteiger partial charge in [-0.25, -0.2) is 0 Å². The Morgan fingerprint density at radius 3 is 2.58 bits per heavy atom. The number of carbonyl (C=O) groups excluding carboxylic acids is 1. The van der Waals surface area contributed by atoms with Gasteiger partial charge in [0, 0.05) is 24.4 Å². The van der Waals surface area contributed by atoms with Crippen molar-refractivity contribution in [1.29, 1.82) is 0 Å². The van der Waals surface area contributed by atoms with E-state index in [9.17, 15) is 9.90 Å². The molecule has 2 saturated carbocycles. The SMILES string of the molecule is CCOc1cccc(C2CCC3(CC2)CN(C(=O)C2CC(C)(O)C2)C3)c1. The van der Waals surface area contributed by atoms with Crippen molar-refractivity contribution in [2.75, 3.05) is 19.7 Å². The molecule has 0 radical (unpaired) electrons. The van der Waals surface area contributed by atoms with Gasteiger partial charge in [0.1, 0.15) is 5.75 Å². The molecule has 1 saturated heterocycles. The highest BCUT2D eigenvalue weighted by Crippen LogP contribution is 2.50. The highest BCUT2D eigenvalue weighted by Gasteiger charge is 2.51. The Morgan fingerprint density at radius 1 is 1.27 bits per heavy atom. The molecule has 142 valence electrons. The zero-order valence-corrected chi connectivity index (χ0v) is 16.0. The van der Waals surface area contributed by atoms with E-state index >= 15 is 0 Å². The molecule has 0 aromatic heterocycles. The van der Waals surface area contributed by atoms with Crippen molar-refractivity contribution in [3.63, 3.8) is 0 Å². The van der Waals surface area contributed by atoms with Gasteiger partial charge in [0.2, 0.25) is 5.91 Å². The molecule has 3 aliphatic rings. The van der Waals surface area contributed by atoms with Gasteiger partial charge in [-0.05, 0) is 76.0 Å². The van der Waals surface area contributed by atoms with Gasteiger partial charge < -0.3 is 14.7 Å². The maximum atomic E-state index is 12.5. The molecular formula is C22H31NO3. The number of aliphatic hydroxyl groups is 1. The van der Waals surface area contributed by atoms with Gasteiger partial charge in [0.15, 0.2) is 0 Å². The molecule has 1 N–H and O–H groups in total. The minimum absolute atomic E-state index is 0.0556. The Labute approximate surface area is 156 Å². The van der Waals surface area contributed by atoms with Gasteiger partial charge in [-0.1, -0.05) is 12.1 Å². The molecule has 1 heterocycles. The normalized spacial score (nSPS) is 30.6. The topological polar surface area (TPSA) is 49.8 Å². The largest absolute Gasteiger partial charge is 0.494 e. The van der Waals surface area contributed by atoms with Crippen LogP contribution in [0.4, 0.5) is 0 Å². The first-order valence-corrected chi connectivity index (χ1v) is 10.1. The van der Waals surface area contributed by atoms with E-state index in [2.05, 4.69) is 18.2 Å². The highest BCUT2D eigenvalue weighted by atomic mass is 16.5. The van der Waals surface area contributed by atoms with Crippen LogP contribution < -0.4 is 4.74 Å². The average molecular weight is 357 g/mol. The molecule has 4 heteroatoms. The van der Waals surface area contributed by atoms with Crippen LogP contribution in [-0.4, -0.2) is 41.2 Å². The molecule has 26 heavy (non-hydrogen) atoms. The zero-order chi connectivity index (χ0) is 18.4. The van der Waals surface area contributed by atoms with E-state index < -0.39 is 5.60 Å². The second kappa shape index (κ2) is 6.56. The highest BCUT2D eigenvalue weighted by molar-refractivity contribution is 5.81. The van der Waals surface area contributed by atoms with Crippen LogP contribution in [0.15, 0.2) is 24.3 Å². The van der Waals surface area contributed by atoms with E-state index in [1.54, 1.807) is 0 Å². The summed E-state index contributed by atoms with van der Waals surface area (Å²) in [5, 5.41) is 9.86. The maximum Gasteiger partial charge on any atom is 0.225 e. The third-order valence-electron chi connectivity index (χ3n) is 6.77. The summed E-state index contributed by atoms with van der Waals surface area (Å²) in [6.45, 7) is 6.41. The van der Waals surface area contributed by atoms with Crippen LogP contribution in [0.5, 0.6) is 5.75 Å². The Balaban J connectivity index is 1.28. The predicted molar refractivity (Wildman–Crippen MR) is 101 cm³/mol. The Bertz CT molecular complexity index is 660. The zero-order valence-electron chi connectivity index (χ0n) is 16.0. The lowest BCUT2D eigenvalue weighted by Crippen LogP contribution is -2.62. The molecule has 1 aromatic carbocycles. The molecular weight excluding hydrogens is 326 g/mol. The number of hydrogen-bond acceptors (Lipinski definition) is 3. The van der Waals surface area contributed by atoms with E-state index in [0.717, 1.165) is 18.8 Å². The number of ether oxygens (including phenoxy) is 1. The fourth-order valence-corrected chi connectivity index (χ4v) is 5.26. The van der Waals surface area contributed by atoms with Crippen LogP contribution in [-0.2, 0) is 4.79 Å². The average Bonchev–Trinajstić information content (AvgIpc) is 2.57. The lowest BCUT2D eigenvalue weighted by atomic mass is 9.64. The van der Waals surface area contributed by atoms with Crippen molar-refractivity contribution in [2.45, 2.75) is 63.9 Å². The first kappa shape index (κ1) is 17.8. The first-order valence-electron chi connectivity index (χ1n) is 10.1. The summed E-state index contributed by atoms with van der Waals surface area (Å²) in [6.07, 6.45) is 6.10. The second-order valence-electron chi connectivity index (χ2n) is 9.08. The van der Waals surface area contributed by atoms with Crippen molar-refractivity contribution >= 4 is 5.91 Å². The molecule has 2 aliphatic carbocycles. The van der Waals surface area contributed by atoms with Crippen molar-refractivity contribution in [1.82, 2.24) is 4.90 Å². The van der Waals surface area contributed by atoms with Gasteiger partial charge >= 0.3 is 0 Å². The van der Waals surface area contributed by atoms with E-state index in [1.165, 1.54) is 31.2 Å². The minimum atomic E-state index is -0.614. The minimum Gasteiger partial charge on any atom is -0.494 e. The quantitative estimate of drug-likeness (QED) is 0.893. The molecule has 1 spiro atoms. The number of hydrogen-bond donors (Lipinski definition) is 1. The lowest BCUT2D eigenvalue weighted by molar-refractivity contribution is -0.163. The summed E-state index contributed by atoms with van der Waals surface area (Å²) in [6, 6.07) is 8.56. The molecule has 1 aliphatic heterocycles. The molecule has 4 rings (SSSR count). The molecule has 0 atom stereocenters.